The van der Waals surface area contributed by atoms with Gasteiger partial charge in [-0.15, -0.1) is 0 Å². The van der Waals surface area contributed by atoms with Gasteiger partial charge in [-0.05, 0) is 19.1 Å². The number of benzene rings is 1. The van der Waals surface area contributed by atoms with Gasteiger partial charge in [-0.25, -0.2) is 0 Å². The topological polar surface area (TPSA) is 20.3 Å². The summed E-state index contributed by atoms with van der Waals surface area (Å²) in [6, 6.07) is 8.53. The number of anilines is 1. The van der Waals surface area contributed by atoms with Crippen LogP contribution in [0.3, 0.4) is 0 Å². The van der Waals surface area contributed by atoms with Crippen LogP contribution in [0.4, 0.5) is 5.69 Å². The van der Waals surface area contributed by atoms with Crippen LogP contribution in [0.1, 0.15) is 25.8 Å². The van der Waals surface area contributed by atoms with Crippen LogP contribution < -0.4 is 4.90 Å². The molecule has 0 spiro atoms. The minimum absolute atomic E-state index is 0.205. The lowest BCUT2D eigenvalue weighted by atomic mass is 9.82. The first kappa shape index (κ1) is 11.2. The van der Waals surface area contributed by atoms with E-state index in [-0.39, 0.29) is 5.41 Å². The number of piperidine rings is 1. The molecule has 0 aromatic heterocycles. The van der Waals surface area contributed by atoms with Crippen LogP contribution in [0.5, 0.6) is 0 Å². The van der Waals surface area contributed by atoms with Crippen molar-refractivity contribution < 1.29 is 4.79 Å². The fourth-order valence-corrected chi connectivity index (χ4v) is 2.20. The molecule has 0 bridgehead atoms. The Kier molecular flexibility index (Phi) is 2.75. The van der Waals surface area contributed by atoms with E-state index in [2.05, 4.69) is 36.1 Å². The second kappa shape index (κ2) is 3.93. The monoisotopic (exact) mass is 217 g/mol. The molecule has 1 aromatic rings. The number of rotatable bonds is 1. The summed E-state index contributed by atoms with van der Waals surface area (Å²) in [6.07, 6.45) is 0.668. The summed E-state index contributed by atoms with van der Waals surface area (Å²) in [7, 11) is 0. The molecule has 2 rings (SSSR count). The first-order valence-electron chi connectivity index (χ1n) is 5.84. The largest absolute Gasteiger partial charge is 0.370 e. The van der Waals surface area contributed by atoms with Crippen molar-refractivity contribution in [2.45, 2.75) is 27.2 Å². The summed E-state index contributed by atoms with van der Waals surface area (Å²) in [5.41, 5.74) is 2.30. The van der Waals surface area contributed by atoms with Gasteiger partial charge in [0, 0.05) is 30.6 Å². The van der Waals surface area contributed by atoms with E-state index in [1.807, 2.05) is 13.8 Å². The van der Waals surface area contributed by atoms with E-state index in [1.165, 1.54) is 11.3 Å². The smallest absolute Gasteiger partial charge is 0.142 e. The standard InChI is InChI=1S/C14H19NO/c1-11-4-6-12(7-5-11)15-9-8-13(16)14(2,3)10-15/h4-7H,8-10H2,1-3H3. The lowest BCUT2D eigenvalue weighted by Crippen LogP contribution is -2.46. The maximum Gasteiger partial charge on any atom is 0.142 e. The van der Waals surface area contributed by atoms with E-state index in [9.17, 15) is 4.79 Å². The highest BCUT2D eigenvalue weighted by Crippen LogP contribution is 2.28. The van der Waals surface area contributed by atoms with Crippen LogP contribution in [-0.4, -0.2) is 18.9 Å². The number of Topliss-reactive ketones (excluding diaryl/α,β-unsaturated/α-hetero) is 1. The molecule has 0 unspecified atom stereocenters. The molecule has 16 heavy (non-hydrogen) atoms. The van der Waals surface area contributed by atoms with Gasteiger partial charge in [0.25, 0.3) is 0 Å². The Morgan fingerprint density at radius 1 is 1.19 bits per heavy atom. The summed E-state index contributed by atoms with van der Waals surface area (Å²) in [5, 5.41) is 0. The average molecular weight is 217 g/mol. The molecule has 0 radical (unpaired) electrons. The SMILES string of the molecule is Cc1ccc(N2CCC(=O)C(C)(C)C2)cc1. The molecule has 1 saturated heterocycles. The molecule has 86 valence electrons. The number of carbonyl (C=O) groups excluding carboxylic acids is 1. The number of carbonyl (C=O) groups is 1. The van der Waals surface area contributed by atoms with Crippen molar-refractivity contribution in [1.29, 1.82) is 0 Å². The zero-order valence-electron chi connectivity index (χ0n) is 10.3. The van der Waals surface area contributed by atoms with E-state index < -0.39 is 0 Å². The fourth-order valence-electron chi connectivity index (χ4n) is 2.20. The van der Waals surface area contributed by atoms with E-state index in [4.69, 9.17) is 0 Å². The van der Waals surface area contributed by atoms with Crippen LogP contribution in [-0.2, 0) is 4.79 Å². The Morgan fingerprint density at radius 3 is 2.38 bits per heavy atom. The maximum absolute atomic E-state index is 11.7. The third-order valence-corrected chi connectivity index (χ3v) is 3.35. The highest BCUT2D eigenvalue weighted by atomic mass is 16.1. The summed E-state index contributed by atoms with van der Waals surface area (Å²) in [5.74, 6) is 0.385. The quantitative estimate of drug-likeness (QED) is 0.721. The molecule has 0 atom stereocenters. The molecule has 2 heteroatoms. The minimum Gasteiger partial charge on any atom is -0.370 e. The highest BCUT2D eigenvalue weighted by Gasteiger charge is 2.34. The van der Waals surface area contributed by atoms with E-state index in [0.717, 1.165) is 13.1 Å². The predicted octanol–water partition coefficient (Wildman–Crippen LogP) is 2.80. The first-order valence-corrected chi connectivity index (χ1v) is 5.84. The van der Waals surface area contributed by atoms with Crippen LogP contribution in [0.25, 0.3) is 0 Å². The van der Waals surface area contributed by atoms with Crippen LogP contribution in [0, 0.1) is 12.3 Å². The van der Waals surface area contributed by atoms with Gasteiger partial charge in [0.2, 0.25) is 0 Å². The third kappa shape index (κ3) is 2.11. The summed E-state index contributed by atoms with van der Waals surface area (Å²) >= 11 is 0. The van der Waals surface area contributed by atoms with Crippen molar-refractivity contribution in [2.75, 3.05) is 18.0 Å². The molecule has 0 saturated carbocycles. The van der Waals surface area contributed by atoms with Crippen molar-refractivity contribution in [3.63, 3.8) is 0 Å². The van der Waals surface area contributed by atoms with Gasteiger partial charge in [0.15, 0.2) is 0 Å². The molecular weight excluding hydrogens is 198 g/mol. The number of ketones is 1. The Morgan fingerprint density at radius 2 is 1.81 bits per heavy atom. The van der Waals surface area contributed by atoms with Gasteiger partial charge in [-0.1, -0.05) is 31.5 Å². The number of nitrogens with zero attached hydrogens (tertiary/aromatic N) is 1. The molecular formula is C14H19NO. The van der Waals surface area contributed by atoms with Crippen molar-refractivity contribution in [1.82, 2.24) is 0 Å². The van der Waals surface area contributed by atoms with Gasteiger partial charge in [-0.3, -0.25) is 4.79 Å². The fraction of sp³-hybridized carbons (Fsp3) is 0.500. The minimum atomic E-state index is -0.205. The summed E-state index contributed by atoms with van der Waals surface area (Å²) < 4.78 is 0. The normalized spacial score (nSPS) is 19.9. The van der Waals surface area contributed by atoms with E-state index in [0.29, 0.717) is 12.2 Å². The Bertz CT molecular complexity index is 392. The van der Waals surface area contributed by atoms with Crippen molar-refractivity contribution >= 4 is 11.5 Å². The molecule has 2 nitrogen and oxygen atoms in total. The van der Waals surface area contributed by atoms with E-state index in [1.54, 1.807) is 0 Å². The zero-order valence-corrected chi connectivity index (χ0v) is 10.3. The Balaban J connectivity index is 2.18. The average Bonchev–Trinajstić information content (AvgIpc) is 2.23. The number of hydrogen-bond acceptors (Lipinski definition) is 2. The second-order valence-corrected chi connectivity index (χ2v) is 5.31. The van der Waals surface area contributed by atoms with Gasteiger partial charge < -0.3 is 4.90 Å². The zero-order chi connectivity index (χ0) is 11.8. The van der Waals surface area contributed by atoms with Gasteiger partial charge >= 0.3 is 0 Å². The molecule has 1 aliphatic rings. The predicted molar refractivity (Wildman–Crippen MR) is 66.8 cm³/mol. The second-order valence-electron chi connectivity index (χ2n) is 5.31. The molecule has 1 heterocycles. The Labute approximate surface area is 97.3 Å². The van der Waals surface area contributed by atoms with Crippen molar-refractivity contribution in [3.05, 3.63) is 29.8 Å². The molecule has 1 aromatic carbocycles. The van der Waals surface area contributed by atoms with Gasteiger partial charge in [-0.2, -0.15) is 0 Å². The van der Waals surface area contributed by atoms with Gasteiger partial charge in [0.05, 0.1) is 0 Å². The first-order chi connectivity index (χ1) is 7.49. The maximum atomic E-state index is 11.7. The summed E-state index contributed by atoms with van der Waals surface area (Å²) in [4.78, 5) is 14.0. The van der Waals surface area contributed by atoms with Crippen molar-refractivity contribution in [2.24, 2.45) is 5.41 Å². The molecule has 1 fully saturated rings. The van der Waals surface area contributed by atoms with Gasteiger partial charge in [0.1, 0.15) is 5.78 Å². The Hall–Kier alpha value is -1.31. The highest BCUT2D eigenvalue weighted by molar-refractivity contribution is 5.86. The lowest BCUT2D eigenvalue weighted by Gasteiger charge is -2.38. The number of hydrogen-bond donors (Lipinski definition) is 0. The molecule has 0 N–H and O–H groups in total. The summed E-state index contributed by atoms with van der Waals surface area (Å²) in [6.45, 7) is 7.85. The molecule has 1 aliphatic heterocycles. The van der Waals surface area contributed by atoms with E-state index >= 15 is 0 Å². The number of aryl methyl sites for hydroxylation is 1. The lowest BCUT2D eigenvalue weighted by molar-refractivity contribution is -0.127. The van der Waals surface area contributed by atoms with Crippen LogP contribution >= 0.6 is 0 Å². The van der Waals surface area contributed by atoms with Crippen molar-refractivity contribution in [3.8, 4) is 0 Å². The van der Waals surface area contributed by atoms with Crippen LogP contribution in [0.2, 0.25) is 0 Å². The molecule has 0 aliphatic carbocycles. The van der Waals surface area contributed by atoms with Crippen LogP contribution in [0.15, 0.2) is 24.3 Å². The molecule has 0 amide bonds. The third-order valence-electron chi connectivity index (χ3n) is 3.35.